The number of aryl methyl sites for hydroxylation is 1. The number of carbonyl (C=O) groups is 2. The van der Waals surface area contributed by atoms with Crippen molar-refractivity contribution in [3.63, 3.8) is 0 Å². The number of sulfonamides is 1. The number of hydrogen-bond acceptors (Lipinski definition) is 7. The van der Waals surface area contributed by atoms with Gasteiger partial charge < -0.3 is 19.6 Å². The van der Waals surface area contributed by atoms with E-state index in [4.69, 9.17) is 16.3 Å². The van der Waals surface area contributed by atoms with E-state index in [0.29, 0.717) is 62.8 Å². The molecule has 0 aromatic heterocycles. The number of fused-ring (bicyclic) bond motifs is 4. The molecule has 2 aliphatic carbocycles. The maximum Gasteiger partial charge on any atom is 0.264 e. The van der Waals surface area contributed by atoms with Crippen molar-refractivity contribution >= 4 is 39.1 Å². The SMILES string of the molecule is CCN(CC)C(=O)C[C@@]1(O)CCC[C@H](C)[C@@H](C)S(=O)(=O)NC(=O)c2ccc3c(c2)N(C[C@@H]2CC[C@H]21)C[C@@]1(CCCc2cc(Cl)ccc21)CO3. The lowest BCUT2D eigenvalue weighted by Crippen LogP contribution is -2.54. The van der Waals surface area contributed by atoms with E-state index in [1.807, 2.05) is 26.8 Å². The minimum atomic E-state index is -3.99. The molecule has 9 nitrogen and oxygen atoms in total. The van der Waals surface area contributed by atoms with Crippen LogP contribution in [0.1, 0.15) is 101 Å². The molecule has 2 heterocycles. The van der Waals surface area contributed by atoms with Crippen LogP contribution in [0.15, 0.2) is 36.4 Å². The Morgan fingerprint density at radius 3 is 2.57 bits per heavy atom. The monoisotopic (exact) mass is 713 g/mol. The second kappa shape index (κ2) is 14.1. The number of anilines is 1. The van der Waals surface area contributed by atoms with E-state index in [9.17, 15) is 23.1 Å². The zero-order chi connectivity index (χ0) is 35.1. The Labute approximate surface area is 296 Å². The molecule has 2 amide bonds. The number of nitrogens with zero attached hydrogens (tertiary/aromatic N) is 2. The molecule has 0 radical (unpaired) electrons. The lowest BCUT2D eigenvalue weighted by molar-refractivity contribution is -0.145. The number of aliphatic hydroxyl groups is 1. The molecule has 6 rings (SSSR count). The summed E-state index contributed by atoms with van der Waals surface area (Å²) < 4.78 is 35.8. The van der Waals surface area contributed by atoms with Crippen LogP contribution in [0.4, 0.5) is 5.69 Å². The number of halogens is 1. The molecule has 0 unspecified atom stereocenters. The third-order valence-electron chi connectivity index (χ3n) is 12.2. The molecular formula is C38H52ClN3O6S. The molecule has 0 saturated heterocycles. The van der Waals surface area contributed by atoms with Crippen LogP contribution in [0.2, 0.25) is 5.02 Å². The van der Waals surface area contributed by atoms with Gasteiger partial charge in [-0.25, -0.2) is 13.1 Å². The Kier molecular flexibility index (Phi) is 10.3. The Morgan fingerprint density at radius 1 is 1.08 bits per heavy atom. The van der Waals surface area contributed by atoms with Gasteiger partial charge in [-0.15, -0.1) is 0 Å². The standard InChI is InChI=1S/C38H52ClN3O6S/c1-5-41(6-2)35(43)21-38(45)18-7-9-25(3)26(4)49(46,47)40-36(44)28-12-16-34-33(20-28)42(22-29-11-14-32(29)38)23-37(24-48-34)17-8-10-27-19-30(39)13-15-31(27)37/h12-13,15-16,19-20,25-26,29,32,45H,5-11,14,17-18,21-24H2,1-4H3,(H,40,44)/t25-,26+,29-,32+,37-,38-/m0/s1. The van der Waals surface area contributed by atoms with E-state index < -0.39 is 26.8 Å². The van der Waals surface area contributed by atoms with E-state index in [0.717, 1.165) is 37.8 Å². The maximum atomic E-state index is 13.5. The first-order chi connectivity index (χ1) is 23.3. The molecule has 1 fully saturated rings. The van der Waals surface area contributed by atoms with Gasteiger partial charge in [-0.3, -0.25) is 9.59 Å². The first kappa shape index (κ1) is 36.0. The first-order valence-electron chi connectivity index (χ1n) is 18.2. The summed E-state index contributed by atoms with van der Waals surface area (Å²) in [7, 11) is -3.99. The number of rotatable bonds is 4. The van der Waals surface area contributed by atoms with E-state index in [2.05, 4.69) is 21.8 Å². The van der Waals surface area contributed by atoms with Crippen molar-refractivity contribution in [1.29, 1.82) is 0 Å². The van der Waals surface area contributed by atoms with Gasteiger partial charge >= 0.3 is 0 Å². The Balaban J connectivity index is 1.43. The maximum absolute atomic E-state index is 13.5. The fourth-order valence-corrected chi connectivity index (χ4v) is 10.4. The summed E-state index contributed by atoms with van der Waals surface area (Å²) >= 11 is 6.44. The van der Waals surface area contributed by atoms with Gasteiger partial charge in [0, 0.05) is 42.2 Å². The summed E-state index contributed by atoms with van der Waals surface area (Å²) in [5.74, 6) is -0.302. The molecule has 4 aliphatic rings. The summed E-state index contributed by atoms with van der Waals surface area (Å²) in [6.07, 6.45) is 6.17. The number of ether oxygens (including phenoxy) is 1. The van der Waals surface area contributed by atoms with Crippen molar-refractivity contribution in [2.45, 2.75) is 102 Å². The molecule has 268 valence electrons. The van der Waals surface area contributed by atoms with Gasteiger partial charge in [0.2, 0.25) is 15.9 Å². The minimum Gasteiger partial charge on any atom is -0.490 e. The van der Waals surface area contributed by atoms with Crippen LogP contribution in [0.5, 0.6) is 5.75 Å². The number of benzene rings is 2. The van der Waals surface area contributed by atoms with Gasteiger partial charge in [0.1, 0.15) is 5.75 Å². The van der Waals surface area contributed by atoms with Crippen LogP contribution in [0, 0.1) is 17.8 Å². The Hall–Kier alpha value is -2.82. The smallest absolute Gasteiger partial charge is 0.264 e. The first-order valence-corrected chi connectivity index (χ1v) is 20.1. The quantitative estimate of drug-likeness (QED) is 0.394. The van der Waals surface area contributed by atoms with Gasteiger partial charge in [-0.2, -0.15) is 0 Å². The van der Waals surface area contributed by atoms with E-state index in [1.165, 1.54) is 11.1 Å². The van der Waals surface area contributed by atoms with Gasteiger partial charge in [0.05, 0.1) is 29.6 Å². The molecular weight excluding hydrogens is 662 g/mol. The molecule has 2 aliphatic heterocycles. The lowest BCUT2D eigenvalue weighted by Gasteiger charge is -2.50. The highest BCUT2D eigenvalue weighted by molar-refractivity contribution is 7.90. The molecule has 6 atom stereocenters. The Morgan fingerprint density at radius 2 is 1.86 bits per heavy atom. The third kappa shape index (κ3) is 7.07. The van der Waals surface area contributed by atoms with Crippen LogP contribution in [-0.2, 0) is 26.7 Å². The van der Waals surface area contributed by atoms with Crippen molar-refractivity contribution in [2.75, 3.05) is 37.7 Å². The molecule has 2 N–H and O–H groups in total. The molecule has 11 heteroatoms. The van der Waals surface area contributed by atoms with Crippen molar-refractivity contribution in [3.05, 3.63) is 58.1 Å². The van der Waals surface area contributed by atoms with Crippen molar-refractivity contribution in [1.82, 2.24) is 9.62 Å². The molecule has 1 saturated carbocycles. The highest BCUT2D eigenvalue weighted by Gasteiger charge is 2.50. The second-order valence-electron chi connectivity index (χ2n) is 15.1. The highest BCUT2D eigenvalue weighted by Crippen LogP contribution is 2.50. The molecule has 2 aromatic carbocycles. The topological polar surface area (TPSA) is 116 Å². The largest absolute Gasteiger partial charge is 0.490 e. The van der Waals surface area contributed by atoms with Crippen molar-refractivity contribution in [3.8, 4) is 5.75 Å². The summed E-state index contributed by atoms with van der Waals surface area (Å²) in [5, 5.41) is 12.4. The van der Waals surface area contributed by atoms with Gasteiger partial charge in [0.15, 0.2) is 0 Å². The molecule has 2 aromatic rings. The van der Waals surface area contributed by atoms with E-state index in [-0.39, 0.29) is 41.1 Å². The minimum absolute atomic E-state index is 0.0474. The summed E-state index contributed by atoms with van der Waals surface area (Å²) in [4.78, 5) is 31.2. The highest BCUT2D eigenvalue weighted by atomic mass is 35.5. The normalized spacial score (nSPS) is 31.3. The predicted molar refractivity (Wildman–Crippen MR) is 193 cm³/mol. The van der Waals surface area contributed by atoms with Crippen molar-refractivity contribution < 1.29 is 27.9 Å². The number of hydrogen-bond donors (Lipinski definition) is 2. The van der Waals surface area contributed by atoms with Gasteiger partial charge in [-0.1, -0.05) is 31.0 Å². The zero-order valence-electron chi connectivity index (χ0n) is 29.3. The Bertz CT molecular complexity index is 1680. The summed E-state index contributed by atoms with van der Waals surface area (Å²) in [6.45, 7) is 10.3. The number of nitrogens with one attached hydrogen (secondary N) is 1. The average Bonchev–Trinajstić information content (AvgIpc) is 3.19. The molecule has 1 spiro atoms. The molecule has 2 bridgehead atoms. The van der Waals surface area contributed by atoms with Gasteiger partial charge in [-0.05, 0) is 125 Å². The molecule has 49 heavy (non-hydrogen) atoms. The van der Waals surface area contributed by atoms with Crippen molar-refractivity contribution in [2.24, 2.45) is 17.8 Å². The van der Waals surface area contributed by atoms with Gasteiger partial charge in [0.25, 0.3) is 5.91 Å². The number of carbonyl (C=O) groups excluding carboxylic acids is 2. The van der Waals surface area contributed by atoms with Crippen LogP contribution in [-0.4, -0.2) is 73.9 Å². The van der Waals surface area contributed by atoms with Crippen LogP contribution in [0.3, 0.4) is 0 Å². The zero-order valence-corrected chi connectivity index (χ0v) is 30.9. The third-order valence-corrected chi connectivity index (χ3v) is 14.4. The lowest BCUT2D eigenvalue weighted by atomic mass is 9.61. The fourth-order valence-electron chi connectivity index (χ4n) is 8.94. The van der Waals surface area contributed by atoms with Crippen LogP contribution >= 0.6 is 11.6 Å². The average molecular weight is 714 g/mol. The fraction of sp³-hybridized carbons (Fsp3) is 0.632. The van der Waals surface area contributed by atoms with E-state index >= 15 is 0 Å². The predicted octanol–water partition coefficient (Wildman–Crippen LogP) is 6.10. The number of amides is 2. The summed E-state index contributed by atoms with van der Waals surface area (Å²) in [6, 6.07) is 11.3. The summed E-state index contributed by atoms with van der Waals surface area (Å²) in [5.41, 5.74) is 1.90. The van der Waals surface area contributed by atoms with Crippen LogP contribution in [0.25, 0.3) is 0 Å². The van der Waals surface area contributed by atoms with E-state index in [1.54, 1.807) is 30.0 Å². The van der Waals surface area contributed by atoms with Crippen LogP contribution < -0.4 is 14.4 Å². The second-order valence-corrected chi connectivity index (χ2v) is 17.6.